The number of rotatable bonds is 5. The molecule has 3 heterocycles. The molecule has 2 fully saturated rings. The lowest BCUT2D eigenvalue weighted by Gasteiger charge is -2.27. The molecule has 0 spiro atoms. The second-order valence-electron chi connectivity index (χ2n) is 8.55. The molecule has 6 heteroatoms. The maximum Gasteiger partial charge on any atom is 0.132 e. The molecule has 1 aliphatic carbocycles. The second-order valence-corrected chi connectivity index (χ2v) is 9.67. The summed E-state index contributed by atoms with van der Waals surface area (Å²) >= 11 is 1.72. The van der Waals surface area contributed by atoms with Gasteiger partial charge in [-0.15, -0.1) is 11.3 Å². The number of hydrogen-bond donors (Lipinski definition) is 1. The second kappa shape index (κ2) is 8.90. The number of thiazole rings is 1. The van der Waals surface area contributed by atoms with Crippen LogP contribution in [0.15, 0.2) is 36.5 Å². The van der Waals surface area contributed by atoms with Crippen molar-refractivity contribution in [1.29, 1.82) is 0 Å². The average molecular weight is 424 g/mol. The molecule has 1 saturated heterocycles. The summed E-state index contributed by atoms with van der Waals surface area (Å²) in [5.74, 6) is 2.99. The highest BCUT2D eigenvalue weighted by atomic mass is 32.1. The Morgan fingerprint density at radius 2 is 1.83 bits per heavy atom. The van der Waals surface area contributed by atoms with Gasteiger partial charge in [-0.25, -0.2) is 9.97 Å². The number of fused-ring (bicyclic) bond motifs is 1. The van der Waals surface area contributed by atoms with Gasteiger partial charge in [-0.05, 0) is 56.2 Å². The number of hydrogen-bond acceptors (Lipinski definition) is 6. The molecule has 0 bridgehead atoms. The predicted octanol–water partition coefficient (Wildman–Crippen LogP) is 5.57. The lowest BCUT2D eigenvalue weighted by molar-refractivity contribution is 0.0700. The minimum absolute atomic E-state index is 0.176. The third kappa shape index (κ3) is 4.44. The first-order valence-electron chi connectivity index (χ1n) is 11.2. The molecule has 2 aliphatic rings. The maximum absolute atomic E-state index is 10.3. The van der Waals surface area contributed by atoms with E-state index >= 15 is 0 Å². The molecule has 0 radical (unpaired) electrons. The van der Waals surface area contributed by atoms with E-state index in [1.54, 1.807) is 11.3 Å². The first kappa shape index (κ1) is 19.8. The summed E-state index contributed by atoms with van der Waals surface area (Å²) in [6.07, 6.45) is 10.7. The number of piperidine rings is 1. The van der Waals surface area contributed by atoms with Crippen LogP contribution >= 0.6 is 11.3 Å². The van der Waals surface area contributed by atoms with Crippen LogP contribution in [0, 0.1) is 5.92 Å². The molecule has 1 aromatic carbocycles. The summed E-state index contributed by atoms with van der Waals surface area (Å²) in [5, 5.41) is 11.4. The molecule has 30 heavy (non-hydrogen) atoms. The molecule has 1 aliphatic heterocycles. The van der Waals surface area contributed by atoms with Gasteiger partial charge in [-0.2, -0.15) is 0 Å². The zero-order chi connectivity index (χ0) is 20.3. The van der Waals surface area contributed by atoms with Gasteiger partial charge in [0.05, 0.1) is 21.3 Å². The van der Waals surface area contributed by atoms with Gasteiger partial charge in [0, 0.05) is 37.8 Å². The van der Waals surface area contributed by atoms with Gasteiger partial charge in [-0.1, -0.05) is 12.8 Å². The highest BCUT2D eigenvalue weighted by molar-refractivity contribution is 7.18. The highest BCUT2D eigenvalue weighted by Gasteiger charge is 2.24. The fourth-order valence-electron chi connectivity index (χ4n) is 4.65. The largest absolute Gasteiger partial charge is 0.457 e. The fourth-order valence-corrected chi connectivity index (χ4v) is 5.74. The van der Waals surface area contributed by atoms with E-state index in [0.717, 1.165) is 71.3 Å². The van der Waals surface area contributed by atoms with Crippen LogP contribution in [0.2, 0.25) is 0 Å². The SMILES string of the molecule is O[C@@H]1CCCC[C@H]1Cc1nc2ccc(Oc3ccnc(N4CCCCC4)c3)cc2s1. The van der Waals surface area contributed by atoms with Gasteiger partial charge < -0.3 is 14.7 Å². The van der Waals surface area contributed by atoms with Crippen molar-refractivity contribution < 1.29 is 9.84 Å². The molecular weight excluding hydrogens is 394 g/mol. The molecule has 2 atom stereocenters. The number of ether oxygens (including phenoxy) is 1. The van der Waals surface area contributed by atoms with Crippen LogP contribution in [-0.2, 0) is 6.42 Å². The third-order valence-corrected chi connectivity index (χ3v) is 7.38. The third-order valence-electron chi connectivity index (χ3n) is 6.34. The minimum atomic E-state index is -0.176. The quantitative estimate of drug-likeness (QED) is 0.581. The van der Waals surface area contributed by atoms with Gasteiger partial charge in [-0.3, -0.25) is 0 Å². The van der Waals surface area contributed by atoms with Gasteiger partial charge in [0.15, 0.2) is 0 Å². The van der Waals surface area contributed by atoms with E-state index < -0.39 is 0 Å². The zero-order valence-electron chi connectivity index (χ0n) is 17.3. The van der Waals surface area contributed by atoms with Crippen molar-refractivity contribution in [3.8, 4) is 11.5 Å². The van der Waals surface area contributed by atoms with Crippen LogP contribution in [0.25, 0.3) is 10.2 Å². The van der Waals surface area contributed by atoms with Crippen molar-refractivity contribution in [1.82, 2.24) is 9.97 Å². The first-order valence-corrected chi connectivity index (χ1v) is 12.0. The zero-order valence-corrected chi connectivity index (χ0v) is 18.1. The Kier molecular flexibility index (Phi) is 5.86. The van der Waals surface area contributed by atoms with Crippen LogP contribution in [0.1, 0.15) is 50.0 Å². The van der Waals surface area contributed by atoms with E-state index in [2.05, 4.69) is 16.0 Å². The van der Waals surface area contributed by atoms with Crippen LogP contribution in [0.5, 0.6) is 11.5 Å². The van der Waals surface area contributed by atoms with E-state index in [9.17, 15) is 5.11 Å². The van der Waals surface area contributed by atoms with Crippen LogP contribution < -0.4 is 9.64 Å². The Balaban J connectivity index is 1.30. The molecule has 158 valence electrons. The van der Waals surface area contributed by atoms with Gasteiger partial charge in [0.1, 0.15) is 17.3 Å². The van der Waals surface area contributed by atoms with E-state index in [1.807, 2.05) is 30.5 Å². The lowest BCUT2D eigenvalue weighted by Crippen LogP contribution is -2.30. The summed E-state index contributed by atoms with van der Waals surface area (Å²) in [6.45, 7) is 2.14. The summed E-state index contributed by atoms with van der Waals surface area (Å²) in [5.41, 5.74) is 1.01. The van der Waals surface area contributed by atoms with Crippen molar-refractivity contribution in [3.05, 3.63) is 41.5 Å². The monoisotopic (exact) mass is 423 g/mol. The molecule has 0 amide bonds. The molecule has 2 aromatic heterocycles. The Labute approximate surface area is 181 Å². The Hall–Kier alpha value is -2.18. The van der Waals surface area contributed by atoms with Crippen LogP contribution in [0.3, 0.4) is 0 Å². The number of anilines is 1. The average Bonchev–Trinajstić information content (AvgIpc) is 3.18. The van der Waals surface area contributed by atoms with E-state index in [4.69, 9.17) is 9.72 Å². The number of aromatic nitrogens is 2. The Bertz CT molecular complexity index is 999. The standard InChI is InChI=1S/C24H29N3O2S/c28-21-7-3-2-6-17(21)14-24-26-20-9-8-18(15-22(20)30-24)29-19-10-11-25-23(16-19)27-12-4-1-5-13-27/h8-11,15-17,21,28H,1-7,12-14H2/t17-,21+/m0/s1. The number of benzene rings is 1. The van der Waals surface area contributed by atoms with Crippen molar-refractivity contribution in [2.75, 3.05) is 18.0 Å². The fraction of sp³-hybridized carbons (Fsp3) is 0.500. The number of pyridine rings is 1. The molecule has 0 unspecified atom stereocenters. The molecular formula is C24H29N3O2S. The van der Waals surface area contributed by atoms with Crippen molar-refractivity contribution in [2.45, 2.75) is 57.5 Å². The summed E-state index contributed by atoms with van der Waals surface area (Å²) in [4.78, 5) is 11.7. The van der Waals surface area contributed by atoms with Crippen molar-refractivity contribution >= 4 is 27.4 Å². The van der Waals surface area contributed by atoms with Gasteiger partial charge in [0.2, 0.25) is 0 Å². The first-order chi connectivity index (χ1) is 14.7. The molecule has 1 saturated carbocycles. The predicted molar refractivity (Wildman–Crippen MR) is 122 cm³/mol. The van der Waals surface area contributed by atoms with Crippen molar-refractivity contribution in [3.63, 3.8) is 0 Å². The molecule has 5 nitrogen and oxygen atoms in total. The van der Waals surface area contributed by atoms with Crippen LogP contribution in [0.4, 0.5) is 5.82 Å². The number of aliphatic hydroxyl groups is 1. The lowest BCUT2D eigenvalue weighted by atomic mass is 9.84. The van der Waals surface area contributed by atoms with E-state index in [1.165, 1.54) is 25.7 Å². The topological polar surface area (TPSA) is 58.5 Å². The molecule has 3 aromatic rings. The minimum Gasteiger partial charge on any atom is -0.457 e. The summed E-state index contributed by atoms with van der Waals surface area (Å²) in [6, 6.07) is 10.1. The molecule has 5 rings (SSSR count). The number of aliphatic hydroxyl groups excluding tert-OH is 1. The number of nitrogens with zero attached hydrogens (tertiary/aromatic N) is 3. The highest BCUT2D eigenvalue weighted by Crippen LogP contribution is 2.33. The summed E-state index contributed by atoms with van der Waals surface area (Å²) < 4.78 is 7.30. The van der Waals surface area contributed by atoms with Crippen LogP contribution in [-0.4, -0.2) is 34.3 Å². The van der Waals surface area contributed by atoms with E-state index in [0.29, 0.717) is 5.92 Å². The smallest absolute Gasteiger partial charge is 0.132 e. The van der Waals surface area contributed by atoms with Gasteiger partial charge >= 0.3 is 0 Å². The summed E-state index contributed by atoms with van der Waals surface area (Å²) in [7, 11) is 0. The van der Waals surface area contributed by atoms with E-state index in [-0.39, 0.29) is 6.10 Å². The Morgan fingerprint density at radius 1 is 1.00 bits per heavy atom. The Morgan fingerprint density at radius 3 is 2.70 bits per heavy atom. The normalized spacial score (nSPS) is 22.4. The molecule has 1 N–H and O–H groups in total. The van der Waals surface area contributed by atoms with Crippen molar-refractivity contribution in [2.24, 2.45) is 5.92 Å². The van der Waals surface area contributed by atoms with Gasteiger partial charge in [0.25, 0.3) is 0 Å². The maximum atomic E-state index is 10.3.